The molecular formula is C6H10BNO. The minimum atomic E-state index is 0.224. The second-order valence-corrected chi connectivity index (χ2v) is 2.69. The lowest BCUT2D eigenvalue weighted by molar-refractivity contribution is 0.239. The summed E-state index contributed by atoms with van der Waals surface area (Å²) in [6.45, 7) is 0.486. The van der Waals surface area contributed by atoms with E-state index in [1.165, 1.54) is 0 Å². The molecule has 0 saturated carbocycles. The number of nitrogens with zero attached hydrogens (tertiary/aromatic N) is 1. The summed E-state index contributed by atoms with van der Waals surface area (Å²) in [4.78, 5) is 0. The second kappa shape index (κ2) is 2.88. The fourth-order valence-electron chi connectivity index (χ4n) is 1.36. The van der Waals surface area contributed by atoms with Crippen molar-refractivity contribution in [3.63, 3.8) is 0 Å². The van der Waals surface area contributed by atoms with Crippen LogP contribution in [0.1, 0.15) is 6.42 Å². The van der Waals surface area contributed by atoms with Crippen LogP contribution in [-0.4, -0.2) is 18.4 Å². The Kier molecular flexibility index (Phi) is 2.13. The fraction of sp³-hybridized carbons (Fsp3) is 0.833. The molecule has 0 bridgehead atoms. The highest BCUT2D eigenvalue weighted by Crippen LogP contribution is 2.25. The molecule has 1 rings (SSSR count). The summed E-state index contributed by atoms with van der Waals surface area (Å²) in [6.07, 6.45) is 2.93. The quantitative estimate of drug-likeness (QED) is 0.517. The van der Waals surface area contributed by atoms with E-state index in [1.54, 1.807) is 0 Å². The van der Waals surface area contributed by atoms with Crippen LogP contribution in [0.5, 0.6) is 0 Å². The molecule has 2 nitrogen and oxygen atoms in total. The molecule has 0 aromatic carbocycles. The van der Waals surface area contributed by atoms with Gasteiger partial charge < -0.3 is 5.11 Å². The lowest BCUT2D eigenvalue weighted by Crippen LogP contribution is -2.05. The molecule has 1 unspecified atom stereocenters. The van der Waals surface area contributed by atoms with Crippen LogP contribution < -0.4 is 0 Å². The Hall–Kier alpha value is -0.485. The van der Waals surface area contributed by atoms with Gasteiger partial charge in [-0.3, -0.25) is 0 Å². The number of hydrogen-bond acceptors (Lipinski definition) is 2. The molecule has 48 valence electrons. The van der Waals surface area contributed by atoms with Crippen molar-refractivity contribution in [2.24, 2.45) is 5.92 Å². The monoisotopic (exact) mass is 123 g/mol. The second-order valence-electron chi connectivity index (χ2n) is 2.69. The maximum absolute atomic E-state index is 8.67. The molecule has 0 spiro atoms. The van der Waals surface area contributed by atoms with Gasteiger partial charge in [0, 0.05) is 12.6 Å². The summed E-state index contributed by atoms with van der Waals surface area (Å²) in [5, 5.41) is 17.1. The van der Waals surface area contributed by atoms with E-state index in [4.69, 9.17) is 10.4 Å². The van der Waals surface area contributed by atoms with E-state index in [2.05, 4.69) is 5.97 Å². The van der Waals surface area contributed by atoms with Crippen LogP contribution in [0, 0.1) is 17.1 Å². The average Bonchev–Trinajstić information content (AvgIpc) is 2.34. The maximum Gasteiger partial charge on any atom is 0.268 e. The molecule has 1 fully saturated rings. The first-order valence-electron chi connectivity index (χ1n) is 3.37. The van der Waals surface area contributed by atoms with Gasteiger partial charge in [0.1, 0.15) is 0 Å². The zero-order valence-electron chi connectivity index (χ0n) is 5.38. The van der Waals surface area contributed by atoms with Crippen molar-refractivity contribution in [2.75, 3.05) is 6.61 Å². The molecule has 9 heavy (non-hydrogen) atoms. The average molecular weight is 123 g/mol. The smallest absolute Gasteiger partial charge is 0.268 e. The maximum atomic E-state index is 8.67. The third-order valence-electron chi connectivity index (χ3n) is 1.98. The molecule has 1 saturated heterocycles. The summed E-state index contributed by atoms with van der Waals surface area (Å²) in [5.41, 5.74) is 0. The third-order valence-corrected chi connectivity index (χ3v) is 1.98. The van der Waals surface area contributed by atoms with Crippen LogP contribution in [-0.2, 0) is 0 Å². The summed E-state index contributed by atoms with van der Waals surface area (Å²) in [7, 11) is 0. The molecule has 1 N–H and O–H groups in total. The normalized spacial score (nSPS) is 26.2. The largest absolute Gasteiger partial charge is 0.396 e. The molecular weight excluding hydrogens is 113 g/mol. The lowest BCUT2D eigenvalue weighted by atomic mass is 9.50. The van der Waals surface area contributed by atoms with Gasteiger partial charge in [-0.2, -0.15) is 0 Å². The minimum absolute atomic E-state index is 0.224. The Morgan fingerprint density at radius 2 is 2.56 bits per heavy atom. The van der Waals surface area contributed by atoms with Crippen molar-refractivity contribution in [1.29, 1.82) is 5.26 Å². The summed E-state index contributed by atoms with van der Waals surface area (Å²) in [5.74, 6) is 2.63. The van der Waals surface area contributed by atoms with Crippen LogP contribution >= 0.6 is 0 Å². The molecule has 1 heterocycles. The Bertz CT molecular complexity index is 132. The number of aliphatic hydroxyl groups is 1. The zero-order chi connectivity index (χ0) is 6.69. The molecule has 0 aliphatic carbocycles. The Morgan fingerprint density at radius 3 is 2.89 bits per heavy atom. The Balaban J connectivity index is 2.31. The van der Waals surface area contributed by atoms with Crippen LogP contribution in [0.15, 0.2) is 0 Å². The van der Waals surface area contributed by atoms with Crippen molar-refractivity contribution in [3.05, 3.63) is 0 Å². The van der Waals surface area contributed by atoms with E-state index in [-0.39, 0.29) is 13.3 Å². The summed E-state index contributed by atoms with van der Waals surface area (Å²) in [6, 6.07) is 0. The molecule has 0 aromatic rings. The van der Waals surface area contributed by atoms with Gasteiger partial charge >= 0.3 is 0 Å². The van der Waals surface area contributed by atoms with E-state index >= 15 is 0 Å². The highest BCUT2D eigenvalue weighted by molar-refractivity contribution is 6.67. The molecule has 0 aromatic heterocycles. The van der Waals surface area contributed by atoms with Gasteiger partial charge in [0.25, 0.3) is 6.71 Å². The standard InChI is InChI=1S/C6H10BNO/c8-5-7-2-1-6(3-7)4-9/h6,9H,1-4H2. The van der Waals surface area contributed by atoms with Crippen molar-refractivity contribution < 1.29 is 5.11 Å². The highest BCUT2D eigenvalue weighted by atomic mass is 16.3. The van der Waals surface area contributed by atoms with Crippen molar-refractivity contribution in [1.82, 2.24) is 0 Å². The van der Waals surface area contributed by atoms with E-state index in [1.807, 2.05) is 0 Å². The van der Waals surface area contributed by atoms with Gasteiger partial charge in [0.15, 0.2) is 0 Å². The molecule has 1 aliphatic heterocycles. The fourth-order valence-corrected chi connectivity index (χ4v) is 1.36. The topological polar surface area (TPSA) is 44.0 Å². The first-order chi connectivity index (χ1) is 4.36. The van der Waals surface area contributed by atoms with Gasteiger partial charge in [0.05, 0.1) is 0 Å². The molecule has 3 heteroatoms. The number of aliphatic hydroxyl groups excluding tert-OH is 1. The summed E-state index contributed by atoms with van der Waals surface area (Å²) < 4.78 is 0. The zero-order valence-corrected chi connectivity index (χ0v) is 5.38. The van der Waals surface area contributed by atoms with Gasteiger partial charge in [0.2, 0.25) is 0 Å². The van der Waals surface area contributed by atoms with Crippen LogP contribution in [0.25, 0.3) is 0 Å². The number of hydrogen-bond donors (Lipinski definition) is 1. The van der Waals surface area contributed by atoms with Crippen LogP contribution in [0.3, 0.4) is 0 Å². The van der Waals surface area contributed by atoms with Gasteiger partial charge in [-0.15, -0.1) is 0 Å². The van der Waals surface area contributed by atoms with Crippen molar-refractivity contribution in [2.45, 2.75) is 19.1 Å². The van der Waals surface area contributed by atoms with E-state index in [0.29, 0.717) is 5.92 Å². The predicted octanol–water partition coefficient (Wildman–Crippen LogP) is 0.556. The van der Waals surface area contributed by atoms with E-state index in [9.17, 15) is 0 Å². The molecule has 0 radical (unpaired) electrons. The van der Waals surface area contributed by atoms with Gasteiger partial charge in [-0.05, 0) is 5.92 Å². The van der Waals surface area contributed by atoms with Gasteiger partial charge in [-0.1, -0.05) is 19.1 Å². The van der Waals surface area contributed by atoms with E-state index in [0.717, 1.165) is 19.1 Å². The first-order valence-corrected chi connectivity index (χ1v) is 3.37. The Morgan fingerprint density at radius 1 is 1.78 bits per heavy atom. The van der Waals surface area contributed by atoms with Gasteiger partial charge in [-0.25, -0.2) is 5.26 Å². The number of rotatable bonds is 1. The molecule has 0 amide bonds. The third kappa shape index (κ3) is 1.46. The molecule has 1 atom stereocenters. The lowest BCUT2D eigenvalue weighted by Gasteiger charge is -1.99. The first kappa shape index (κ1) is 6.63. The van der Waals surface area contributed by atoms with Crippen molar-refractivity contribution in [3.8, 4) is 5.97 Å². The highest BCUT2D eigenvalue weighted by Gasteiger charge is 2.26. The SMILES string of the molecule is N#CB1CCC(CO)C1. The Labute approximate surface area is 55.6 Å². The number of nitriles is 1. The molecule has 1 aliphatic rings. The minimum Gasteiger partial charge on any atom is -0.396 e. The van der Waals surface area contributed by atoms with Crippen LogP contribution in [0.4, 0.5) is 0 Å². The summed E-state index contributed by atoms with van der Waals surface area (Å²) >= 11 is 0. The van der Waals surface area contributed by atoms with Crippen LogP contribution in [0.2, 0.25) is 12.6 Å². The predicted molar refractivity (Wildman–Crippen MR) is 36.2 cm³/mol. The van der Waals surface area contributed by atoms with E-state index < -0.39 is 0 Å². The van der Waals surface area contributed by atoms with Crippen molar-refractivity contribution >= 4 is 6.71 Å².